The van der Waals surface area contributed by atoms with Gasteiger partial charge >= 0.3 is 0 Å². The molecule has 25 heavy (non-hydrogen) atoms. The van der Waals surface area contributed by atoms with Gasteiger partial charge < -0.3 is 10.2 Å². The molecule has 1 unspecified atom stereocenters. The van der Waals surface area contributed by atoms with Crippen LogP contribution in [0.3, 0.4) is 0 Å². The standard InChI is InChI=1S/C17H19ClN6O/c1-11-6-15(22-23(11)2)17(25)21-13-4-3-5-24(10-13)16-14(18)7-12(8-19)9-20-16/h6-7,9,13H,3-5,10H2,1-2H3,(H,21,25). The summed E-state index contributed by atoms with van der Waals surface area (Å²) in [4.78, 5) is 18.7. The van der Waals surface area contributed by atoms with Gasteiger partial charge in [-0.15, -0.1) is 0 Å². The second kappa shape index (κ2) is 7.11. The number of halogens is 1. The molecule has 1 aliphatic rings. The summed E-state index contributed by atoms with van der Waals surface area (Å²) >= 11 is 6.26. The molecule has 0 saturated carbocycles. The van der Waals surface area contributed by atoms with E-state index in [1.165, 1.54) is 6.20 Å². The molecule has 0 aliphatic carbocycles. The van der Waals surface area contributed by atoms with Crippen molar-refractivity contribution >= 4 is 23.3 Å². The lowest BCUT2D eigenvalue weighted by Crippen LogP contribution is -2.48. The van der Waals surface area contributed by atoms with Gasteiger partial charge in [0, 0.05) is 38.1 Å². The van der Waals surface area contributed by atoms with E-state index in [-0.39, 0.29) is 11.9 Å². The fourth-order valence-corrected chi connectivity index (χ4v) is 3.23. The minimum absolute atomic E-state index is 0.00271. The molecular weight excluding hydrogens is 340 g/mol. The third kappa shape index (κ3) is 3.74. The van der Waals surface area contributed by atoms with Crippen molar-refractivity contribution in [3.63, 3.8) is 0 Å². The van der Waals surface area contributed by atoms with Crippen LogP contribution in [-0.4, -0.2) is 39.8 Å². The number of aromatic nitrogens is 3. The zero-order chi connectivity index (χ0) is 18.0. The summed E-state index contributed by atoms with van der Waals surface area (Å²) < 4.78 is 1.68. The third-order valence-electron chi connectivity index (χ3n) is 4.35. The highest BCUT2D eigenvalue weighted by Crippen LogP contribution is 2.26. The van der Waals surface area contributed by atoms with Crippen molar-refractivity contribution in [1.29, 1.82) is 5.26 Å². The number of rotatable bonds is 3. The largest absolute Gasteiger partial charge is 0.353 e. The molecule has 0 radical (unpaired) electrons. The highest BCUT2D eigenvalue weighted by atomic mass is 35.5. The molecule has 7 nitrogen and oxygen atoms in total. The number of nitriles is 1. The molecule has 2 aromatic rings. The molecule has 130 valence electrons. The fourth-order valence-electron chi connectivity index (χ4n) is 2.94. The SMILES string of the molecule is Cc1cc(C(=O)NC2CCCN(c3ncc(C#N)cc3Cl)C2)nn1C. The van der Waals surface area contributed by atoms with Crippen molar-refractivity contribution < 1.29 is 4.79 Å². The van der Waals surface area contributed by atoms with Crippen LogP contribution in [0.1, 0.15) is 34.6 Å². The monoisotopic (exact) mass is 358 g/mol. The molecule has 2 aromatic heterocycles. The first kappa shape index (κ1) is 17.2. The van der Waals surface area contributed by atoms with Gasteiger partial charge in [-0.25, -0.2) is 4.98 Å². The van der Waals surface area contributed by atoms with E-state index in [1.54, 1.807) is 16.8 Å². The van der Waals surface area contributed by atoms with Crippen LogP contribution in [0.2, 0.25) is 5.02 Å². The van der Waals surface area contributed by atoms with E-state index in [4.69, 9.17) is 16.9 Å². The fraction of sp³-hybridized carbons (Fsp3) is 0.412. The highest BCUT2D eigenvalue weighted by Gasteiger charge is 2.25. The first-order valence-electron chi connectivity index (χ1n) is 8.10. The molecule has 8 heteroatoms. The summed E-state index contributed by atoms with van der Waals surface area (Å²) in [6.07, 6.45) is 3.33. The van der Waals surface area contributed by atoms with Gasteiger partial charge in [0.25, 0.3) is 5.91 Å². The zero-order valence-electron chi connectivity index (χ0n) is 14.2. The Kier molecular flexibility index (Phi) is 4.91. The number of hydrogen-bond donors (Lipinski definition) is 1. The number of hydrogen-bond acceptors (Lipinski definition) is 5. The third-order valence-corrected chi connectivity index (χ3v) is 4.63. The molecule has 1 N–H and O–H groups in total. The van der Waals surface area contributed by atoms with E-state index in [0.29, 0.717) is 28.6 Å². The Morgan fingerprint density at radius 1 is 1.48 bits per heavy atom. The van der Waals surface area contributed by atoms with Gasteiger partial charge in [-0.2, -0.15) is 10.4 Å². The lowest BCUT2D eigenvalue weighted by molar-refractivity contribution is 0.0927. The molecule has 1 amide bonds. The average Bonchev–Trinajstić information content (AvgIpc) is 2.94. The second-order valence-electron chi connectivity index (χ2n) is 6.19. The van der Waals surface area contributed by atoms with Crippen molar-refractivity contribution in [2.24, 2.45) is 7.05 Å². The van der Waals surface area contributed by atoms with Crippen LogP contribution in [0.25, 0.3) is 0 Å². The lowest BCUT2D eigenvalue weighted by Gasteiger charge is -2.34. The molecular formula is C17H19ClN6O. The number of amides is 1. The van der Waals surface area contributed by atoms with Gasteiger partial charge in [0.05, 0.1) is 10.6 Å². The number of carbonyl (C=O) groups excluding carboxylic acids is 1. The van der Waals surface area contributed by atoms with Gasteiger partial charge in [-0.1, -0.05) is 11.6 Å². The van der Waals surface area contributed by atoms with Gasteiger partial charge in [-0.05, 0) is 31.9 Å². The summed E-state index contributed by atoms with van der Waals surface area (Å²) in [5.74, 6) is 0.475. The van der Waals surface area contributed by atoms with Crippen LogP contribution >= 0.6 is 11.6 Å². The smallest absolute Gasteiger partial charge is 0.272 e. The van der Waals surface area contributed by atoms with Crippen molar-refractivity contribution in [2.45, 2.75) is 25.8 Å². The molecule has 1 atom stereocenters. The van der Waals surface area contributed by atoms with E-state index in [2.05, 4.69) is 15.4 Å². The van der Waals surface area contributed by atoms with Crippen LogP contribution in [0.4, 0.5) is 5.82 Å². The molecule has 0 spiro atoms. The van der Waals surface area contributed by atoms with Gasteiger partial charge in [0.15, 0.2) is 0 Å². The molecule has 0 aromatic carbocycles. The maximum atomic E-state index is 12.4. The Morgan fingerprint density at radius 2 is 2.28 bits per heavy atom. The number of aryl methyl sites for hydroxylation is 2. The maximum Gasteiger partial charge on any atom is 0.272 e. The van der Waals surface area contributed by atoms with Crippen LogP contribution in [-0.2, 0) is 7.05 Å². The normalized spacial score (nSPS) is 17.2. The summed E-state index contributed by atoms with van der Waals surface area (Å²) in [5, 5.41) is 16.6. The Bertz CT molecular complexity index is 821. The second-order valence-corrected chi connectivity index (χ2v) is 6.60. The summed E-state index contributed by atoms with van der Waals surface area (Å²) in [7, 11) is 1.81. The molecule has 1 fully saturated rings. The Balaban J connectivity index is 1.69. The average molecular weight is 359 g/mol. The van der Waals surface area contributed by atoms with Crippen molar-refractivity contribution in [2.75, 3.05) is 18.0 Å². The first-order valence-corrected chi connectivity index (χ1v) is 8.48. The van der Waals surface area contributed by atoms with Gasteiger partial charge in [0.2, 0.25) is 0 Å². The Hall–Kier alpha value is -2.59. The van der Waals surface area contributed by atoms with Crippen LogP contribution in [0.15, 0.2) is 18.3 Å². The predicted octanol–water partition coefficient (Wildman–Crippen LogP) is 2.05. The van der Waals surface area contributed by atoms with Crippen LogP contribution in [0, 0.1) is 18.3 Å². The van der Waals surface area contributed by atoms with Crippen molar-refractivity contribution in [1.82, 2.24) is 20.1 Å². The van der Waals surface area contributed by atoms with E-state index in [0.717, 1.165) is 25.1 Å². The summed E-state index contributed by atoms with van der Waals surface area (Å²) in [5.41, 5.74) is 1.79. The Labute approximate surface area is 151 Å². The lowest BCUT2D eigenvalue weighted by atomic mass is 10.1. The summed E-state index contributed by atoms with van der Waals surface area (Å²) in [6, 6.07) is 5.41. The highest BCUT2D eigenvalue weighted by molar-refractivity contribution is 6.33. The minimum Gasteiger partial charge on any atom is -0.353 e. The molecule has 0 bridgehead atoms. The summed E-state index contributed by atoms with van der Waals surface area (Å²) in [6.45, 7) is 3.34. The number of piperidine rings is 1. The van der Waals surface area contributed by atoms with Crippen molar-refractivity contribution in [3.8, 4) is 6.07 Å². The molecule has 1 saturated heterocycles. The number of carbonyl (C=O) groups is 1. The molecule has 3 rings (SSSR count). The van der Waals surface area contributed by atoms with E-state index < -0.39 is 0 Å². The van der Waals surface area contributed by atoms with E-state index >= 15 is 0 Å². The van der Waals surface area contributed by atoms with Gasteiger partial charge in [0.1, 0.15) is 17.6 Å². The van der Waals surface area contributed by atoms with Crippen LogP contribution in [0.5, 0.6) is 0 Å². The number of anilines is 1. The molecule has 3 heterocycles. The number of nitrogens with zero attached hydrogens (tertiary/aromatic N) is 5. The topological polar surface area (TPSA) is 86.8 Å². The van der Waals surface area contributed by atoms with Gasteiger partial charge in [-0.3, -0.25) is 9.48 Å². The number of nitrogens with one attached hydrogen (secondary N) is 1. The van der Waals surface area contributed by atoms with Crippen LogP contribution < -0.4 is 10.2 Å². The van der Waals surface area contributed by atoms with E-state index in [9.17, 15) is 4.79 Å². The minimum atomic E-state index is -0.172. The number of pyridine rings is 1. The quantitative estimate of drug-likeness (QED) is 0.907. The van der Waals surface area contributed by atoms with E-state index in [1.807, 2.05) is 24.9 Å². The predicted molar refractivity (Wildman–Crippen MR) is 94.6 cm³/mol. The maximum absolute atomic E-state index is 12.4. The zero-order valence-corrected chi connectivity index (χ0v) is 14.9. The Morgan fingerprint density at radius 3 is 2.92 bits per heavy atom. The first-order chi connectivity index (χ1) is 12.0. The van der Waals surface area contributed by atoms with Crippen molar-refractivity contribution in [3.05, 3.63) is 40.3 Å². The molecule has 1 aliphatic heterocycles.